The molecule has 2 aromatic carbocycles. The Balaban J connectivity index is 1.39. The van der Waals surface area contributed by atoms with Gasteiger partial charge in [0.05, 0.1) is 11.3 Å². The molecule has 0 atom stereocenters. The molecule has 1 fully saturated rings. The van der Waals surface area contributed by atoms with Gasteiger partial charge in [-0.3, -0.25) is 4.79 Å². The van der Waals surface area contributed by atoms with Gasteiger partial charge < -0.3 is 19.7 Å². The molecule has 1 N–H and O–H groups in total. The highest BCUT2D eigenvalue weighted by atomic mass is 16.2. The van der Waals surface area contributed by atoms with Crippen molar-refractivity contribution in [3.8, 4) is 0 Å². The van der Waals surface area contributed by atoms with E-state index in [2.05, 4.69) is 64.1 Å². The second-order valence-electron chi connectivity index (χ2n) is 8.05. The van der Waals surface area contributed by atoms with Crippen molar-refractivity contribution in [1.82, 2.24) is 14.9 Å². The van der Waals surface area contributed by atoms with Gasteiger partial charge in [-0.2, -0.15) is 0 Å². The van der Waals surface area contributed by atoms with Crippen LogP contribution in [0.5, 0.6) is 0 Å². The van der Waals surface area contributed by atoms with Crippen LogP contribution in [0.1, 0.15) is 17.3 Å². The lowest BCUT2D eigenvalue weighted by Gasteiger charge is -2.37. The standard InChI is InChI=1S/C25H27N5O/c1-3-28(2)22-9-6-12-26-24(22)29-13-15-30(16-14-29)25(31)20-17-27-21-11-10-18-7-4-5-8-19(18)23(20)21/h4-12,17,27H,3,13-16H2,1-2H3. The number of pyridine rings is 1. The highest BCUT2D eigenvalue weighted by Crippen LogP contribution is 2.30. The van der Waals surface area contributed by atoms with Gasteiger partial charge in [0.1, 0.15) is 0 Å². The van der Waals surface area contributed by atoms with Gasteiger partial charge in [0.25, 0.3) is 5.91 Å². The number of carbonyl (C=O) groups is 1. The zero-order chi connectivity index (χ0) is 21.4. The summed E-state index contributed by atoms with van der Waals surface area (Å²) in [7, 11) is 2.08. The number of hydrogen-bond acceptors (Lipinski definition) is 4. The number of fused-ring (bicyclic) bond motifs is 3. The first-order valence-electron chi connectivity index (χ1n) is 10.9. The predicted molar refractivity (Wildman–Crippen MR) is 127 cm³/mol. The van der Waals surface area contributed by atoms with Crippen molar-refractivity contribution in [1.29, 1.82) is 0 Å². The topological polar surface area (TPSA) is 55.5 Å². The maximum Gasteiger partial charge on any atom is 0.256 e. The molecule has 6 heteroatoms. The van der Waals surface area contributed by atoms with Gasteiger partial charge in [-0.05, 0) is 35.9 Å². The maximum atomic E-state index is 13.4. The van der Waals surface area contributed by atoms with Crippen molar-refractivity contribution >= 4 is 39.1 Å². The number of hydrogen-bond donors (Lipinski definition) is 1. The Kier molecular flexibility index (Phi) is 4.98. The molecule has 0 spiro atoms. The molecular weight excluding hydrogens is 386 g/mol. The molecule has 5 rings (SSSR count). The third-order valence-electron chi connectivity index (χ3n) is 6.32. The van der Waals surface area contributed by atoms with Crippen LogP contribution in [0.15, 0.2) is 60.9 Å². The van der Waals surface area contributed by atoms with Crippen LogP contribution in [0, 0.1) is 0 Å². The number of aromatic amines is 1. The molecule has 4 aromatic rings. The molecule has 0 unspecified atom stereocenters. The number of amides is 1. The molecule has 1 aliphatic heterocycles. The van der Waals surface area contributed by atoms with Gasteiger partial charge in [-0.1, -0.05) is 30.3 Å². The van der Waals surface area contributed by atoms with Crippen molar-refractivity contribution in [2.24, 2.45) is 0 Å². The second kappa shape index (κ2) is 7.95. The number of rotatable bonds is 4. The largest absolute Gasteiger partial charge is 0.372 e. The number of nitrogens with zero attached hydrogens (tertiary/aromatic N) is 4. The molecule has 3 heterocycles. The lowest BCUT2D eigenvalue weighted by atomic mass is 10.0. The molecule has 6 nitrogen and oxygen atoms in total. The quantitative estimate of drug-likeness (QED) is 0.546. The Bertz CT molecular complexity index is 1240. The Morgan fingerprint density at radius 2 is 1.87 bits per heavy atom. The first-order valence-corrected chi connectivity index (χ1v) is 10.9. The van der Waals surface area contributed by atoms with Crippen LogP contribution in [-0.4, -0.2) is 60.5 Å². The van der Waals surface area contributed by atoms with E-state index in [0.717, 1.165) is 58.4 Å². The zero-order valence-electron chi connectivity index (χ0n) is 18.0. The summed E-state index contributed by atoms with van der Waals surface area (Å²) < 4.78 is 0. The summed E-state index contributed by atoms with van der Waals surface area (Å²) >= 11 is 0. The smallest absolute Gasteiger partial charge is 0.256 e. The summed E-state index contributed by atoms with van der Waals surface area (Å²) in [5, 5.41) is 3.28. The Morgan fingerprint density at radius 1 is 1.06 bits per heavy atom. The molecular formula is C25H27N5O. The molecule has 0 bridgehead atoms. The van der Waals surface area contributed by atoms with E-state index in [1.807, 2.05) is 35.5 Å². The van der Waals surface area contributed by atoms with Crippen LogP contribution in [0.4, 0.5) is 11.5 Å². The van der Waals surface area contributed by atoms with E-state index in [-0.39, 0.29) is 5.91 Å². The average molecular weight is 414 g/mol. The highest BCUT2D eigenvalue weighted by Gasteiger charge is 2.26. The number of benzene rings is 2. The number of H-pyrrole nitrogens is 1. The summed E-state index contributed by atoms with van der Waals surface area (Å²) in [5.74, 6) is 1.09. The Hall–Kier alpha value is -3.54. The van der Waals surface area contributed by atoms with Crippen LogP contribution in [0.2, 0.25) is 0 Å². The number of aromatic nitrogens is 2. The number of carbonyl (C=O) groups excluding carboxylic acids is 1. The molecule has 0 aliphatic carbocycles. The van der Waals surface area contributed by atoms with E-state index in [4.69, 9.17) is 0 Å². The fourth-order valence-corrected chi connectivity index (χ4v) is 4.46. The fraction of sp³-hybridized carbons (Fsp3) is 0.280. The lowest BCUT2D eigenvalue weighted by molar-refractivity contribution is 0.0748. The first kappa shape index (κ1) is 19.4. The van der Waals surface area contributed by atoms with E-state index in [1.54, 1.807) is 0 Å². The van der Waals surface area contributed by atoms with Crippen molar-refractivity contribution in [3.63, 3.8) is 0 Å². The third kappa shape index (κ3) is 3.38. The molecule has 158 valence electrons. The maximum absolute atomic E-state index is 13.4. The third-order valence-corrected chi connectivity index (χ3v) is 6.32. The SMILES string of the molecule is CCN(C)c1cccnc1N1CCN(C(=O)c2c[nH]c3ccc4ccccc4c23)CC1. The van der Waals surface area contributed by atoms with Gasteiger partial charge in [0.2, 0.25) is 0 Å². The average Bonchev–Trinajstić information content (AvgIpc) is 3.28. The van der Waals surface area contributed by atoms with Crippen molar-refractivity contribution in [2.45, 2.75) is 6.92 Å². The van der Waals surface area contributed by atoms with E-state index < -0.39 is 0 Å². The summed E-state index contributed by atoms with van der Waals surface area (Å²) in [4.78, 5) is 27.8. The van der Waals surface area contributed by atoms with E-state index in [1.165, 1.54) is 0 Å². The number of nitrogens with one attached hydrogen (secondary N) is 1. The zero-order valence-corrected chi connectivity index (χ0v) is 18.0. The first-order chi connectivity index (χ1) is 15.2. The Labute approximate surface area is 182 Å². The van der Waals surface area contributed by atoms with Crippen LogP contribution in [0.25, 0.3) is 21.7 Å². The molecule has 2 aromatic heterocycles. The number of anilines is 2. The monoisotopic (exact) mass is 413 g/mol. The van der Waals surface area contributed by atoms with Crippen LogP contribution in [0.3, 0.4) is 0 Å². The molecule has 1 amide bonds. The minimum absolute atomic E-state index is 0.0918. The highest BCUT2D eigenvalue weighted by molar-refractivity contribution is 6.17. The van der Waals surface area contributed by atoms with E-state index >= 15 is 0 Å². The minimum atomic E-state index is 0.0918. The molecule has 0 radical (unpaired) electrons. The molecule has 1 saturated heterocycles. The lowest BCUT2D eigenvalue weighted by Crippen LogP contribution is -2.49. The molecule has 0 saturated carbocycles. The second-order valence-corrected chi connectivity index (χ2v) is 8.05. The summed E-state index contributed by atoms with van der Waals surface area (Å²) in [5.41, 5.74) is 2.89. The molecule has 1 aliphatic rings. The minimum Gasteiger partial charge on any atom is -0.372 e. The van der Waals surface area contributed by atoms with Crippen molar-refractivity contribution in [2.75, 3.05) is 49.6 Å². The predicted octanol–water partition coefficient (Wildman–Crippen LogP) is 4.13. The van der Waals surface area contributed by atoms with Gasteiger partial charge in [0.15, 0.2) is 5.82 Å². The number of piperazine rings is 1. The summed E-state index contributed by atoms with van der Waals surface area (Å²) in [6.45, 7) is 5.97. The van der Waals surface area contributed by atoms with Crippen LogP contribution >= 0.6 is 0 Å². The van der Waals surface area contributed by atoms with Gasteiger partial charge >= 0.3 is 0 Å². The van der Waals surface area contributed by atoms with Gasteiger partial charge in [-0.25, -0.2) is 4.98 Å². The van der Waals surface area contributed by atoms with Gasteiger partial charge in [-0.15, -0.1) is 0 Å². The van der Waals surface area contributed by atoms with Crippen LogP contribution < -0.4 is 9.80 Å². The van der Waals surface area contributed by atoms with Crippen molar-refractivity contribution < 1.29 is 4.79 Å². The van der Waals surface area contributed by atoms with Gasteiger partial charge in [0, 0.05) is 63.1 Å². The summed E-state index contributed by atoms with van der Waals surface area (Å²) in [6, 6.07) is 16.5. The van der Waals surface area contributed by atoms with E-state index in [0.29, 0.717) is 13.1 Å². The van der Waals surface area contributed by atoms with Crippen molar-refractivity contribution in [3.05, 3.63) is 66.5 Å². The van der Waals surface area contributed by atoms with E-state index in [9.17, 15) is 4.79 Å². The molecule has 31 heavy (non-hydrogen) atoms. The fourth-order valence-electron chi connectivity index (χ4n) is 4.46. The normalized spacial score (nSPS) is 14.4. The van der Waals surface area contributed by atoms with Crippen LogP contribution in [-0.2, 0) is 0 Å². The summed E-state index contributed by atoms with van der Waals surface area (Å²) in [6.07, 6.45) is 3.70. The Morgan fingerprint density at radius 3 is 2.68 bits per heavy atom.